The van der Waals surface area contributed by atoms with Crippen molar-refractivity contribution >= 4 is 15.9 Å². The van der Waals surface area contributed by atoms with Crippen molar-refractivity contribution in [3.05, 3.63) is 34.1 Å². The number of hydrazine groups is 1. The summed E-state index contributed by atoms with van der Waals surface area (Å²) in [5.41, 5.74) is 4.05. The molecule has 0 aliphatic heterocycles. The molecule has 2 rings (SSSR count). The molecule has 1 aromatic rings. The van der Waals surface area contributed by atoms with Crippen LogP contribution in [0.25, 0.3) is 0 Å². The number of nitrogens with one attached hydrogen (secondary N) is 1. The molecule has 1 aromatic carbocycles. The van der Waals surface area contributed by atoms with Crippen LogP contribution in [0.3, 0.4) is 0 Å². The van der Waals surface area contributed by atoms with Gasteiger partial charge in [0.15, 0.2) is 0 Å². The lowest BCUT2D eigenvalue weighted by Crippen LogP contribution is -2.41. The van der Waals surface area contributed by atoms with E-state index < -0.39 is 0 Å². The molecule has 1 aliphatic carbocycles. The second-order valence-corrected chi connectivity index (χ2v) is 6.25. The zero-order chi connectivity index (χ0) is 13.1. The van der Waals surface area contributed by atoms with Crippen molar-refractivity contribution in [3.8, 4) is 0 Å². The van der Waals surface area contributed by atoms with Crippen molar-refractivity contribution < 1.29 is 4.39 Å². The summed E-state index contributed by atoms with van der Waals surface area (Å²) in [7, 11) is 0. The summed E-state index contributed by atoms with van der Waals surface area (Å²) < 4.78 is 13.9. The topological polar surface area (TPSA) is 38.0 Å². The number of hydrogen-bond acceptors (Lipinski definition) is 2. The Hall–Kier alpha value is -0.450. The summed E-state index contributed by atoms with van der Waals surface area (Å²) in [4.78, 5) is 0. The van der Waals surface area contributed by atoms with E-state index >= 15 is 0 Å². The SMILES string of the molecule is CC1CCC(C(Cc2ccc(F)cc2Br)NN)C1. The number of hydrogen-bond donors (Lipinski definition) is 2. The Morgan fingerprint density at radius 1 is 1.50 bits per heavy atom. The first kappa shape index (κ1) is 14.0. The second-order valence-electron chi connectivity index (χ2n) is 5.39. The fourth-order valence-corrected chi connectivity index (χ4v) is 3.42. The van der Waals surface area contributed by atoms with Gasteiger partial charge in [-0.15, -0.1) is 0 Å². The van der Waals surface area contributed by atoms with Gasteiger partial charge in [0.1, 0.15) is 5.82 Å². The number of rotatable bonds is 4. The summed E-state index contributed by atoms with van der Waals surface area (Å²) in [6.45, 7) is 2.29. The van der Waals surface area contributed by atoms with Crippen molar-refractivity contribution in [2.45, 2.75) is 38.6 Å². The quantitative estimate of drug-likeness (QED) is 0.660. The van der Waals surface area contributed by atoms with Crippen LogP contribution >= 0.6 is 15.9 Å². The van der Waals surface area contributed by atoms with Gasteiger partial charge in [0.25, 0.3) is 0 Å². The minimum absolute atomic E-state index is 0.211. The van der Waals surface area contributed by atoms with Crippen LogP contribution < -0.4 is 11.3 Å². The number of benzene rings is 1. The highest BCUT2D eigenvalue weighted by molar-refractivity contribution is 9.10. The predicted octanol–water partition coefficient (Wildman–Crippen LogP) is 3.40. The Morgan fingerprint density at radius 2 is 2.28 bits per heavy atom. The first-order valence-corrected chi connectivity index (χ1v) is 7.29. The van der Waals surface area contributed by atoms with Crippen molar-refractivity contribution in [1.29, 1.82) is 0 Å². The van der Waals surface area contributed by atoms with Crippen molar-refractivity contribution in [1.82, 2.24) is 5.43 Å². The maximum absolute atomic E-state index is 13.0. The molecule has 0 radical (unpaired) electrons. The van der Waals surface area contributed by atoms with Gasteiger partial charge in [-0.2, -0.15) is 0 Å². The van der Waals surface area contributed by atoms with E-state index in [1.165, 1.54) is 31.4 Å². The van der Waals surface area contributed by atoms with Crippen LogP contribution in [-0.4, -0.2) is 6.04 Å². The Morgan fingerprint density at radius 3 is 2.83 bits per heavy atom. The summed E-state index contributed by atoms with van der Waals surface area (Å²) in [6.07, 6.45) is 4.59. The van der Waals surface area contributed by atoms with Crippen LogP contribution in [0.4, 0.5) is 4.39 Å². The Labute approximate surface area is 116 Å². The molecular formula is C14H20BrFN2. The Balaban J connectivity index is 2.05. The maximum atomic E-state index is 13.0. The van der Waals surface area contributed by atoms with E-state index in [-0.39, 0.29) is 11.9 Å². The standard InChI is InChI=1S/C14H20BrFN2/c1-9-2-3-11(6-9)14(18-17)7-10-4-5-12(16)8-13(10)15/h4-5,8-9,11,14,18H,2-3,6-7,17H2,1H3. The van der Waals surface area contributed by atoms with Crippen LogP contribution in [0.15, 0.2) is 22.7 Å². The van der Waals surface area contributed by atoms with Crippen LogP contribution in [0.5, 0.6) is 0 Å². The zero-order valence-corrected chi connectivity index (χ0v) is 12.2. The molecule has 3 unspecified atom stereocenters. The molecule has 0 amide bonds. The largest absolute Gasteiger partial charge is 0.271 e. The smallest absolute Gasteiger partial charge is 0.124 e. The fourth-order valence-electron chi connectivity index (χ4n) is 2.90. The van der Waals surface area contributed by atoms with Gasteiger partial charge in [0, 0.05) is 10.5 Å². The van der Waals surface area contributed by atoms with Crippen LogP contribution in [0.1, 0.15) is 31.7 Å². The number of halogens is 2. The highest BCUT2D eigenvalue weighted by Crippen LogP contribution is 2.34. The van der Waals surface area contributed by atoms with Gasteiger partial charge in [0.05, 0.1) is 0 Å². The molecule has 1 aliphatic rings. The molecule has 18 heavy (non-hydrogen) atoms. The third kappa shape index (κ3) is 3.31. The molecule has 1 fully saturated rings. The predicted molar refractivity (Wildman–Crippen MR) is 75.4 cm³/mol. The third-order valence-corrected chi connectivity index (χ3v) is 4.71. The van der Waals surface area contributed by atoms with E-state index in [0.717, 1.165) is 22.4 Å². The average molecular weight is 315 g/mol. The molecule has 0 heterocycles. The molecule has 100 valence electrons. The summed E-state index contributed by atoms with van der Waals surface area (Å²) in [6, 6.07) is 5.13. The first-order valence-electron chi connectivity index (χ1n) is 6.50. The van der Waals surface area contributed by atoms with Crippen molar-refractivity contribution in [2.24, 2.45) is 17.7 Å². The average Bonchev–Trinajstić information content (AvgIpc) is 2.75. The highest BCUT2D eigenvalue weighted by atomic mass is 79.9. The van der Waals surface area contributed by atoms with Gasteiger partial charge in [-0.05, 0) is 48.8 Å². The molecule has 2 nitrogen and oxygen atoms in total. The minimum atomic E-state index is -0.211. The van der Waals surface area contributed by atoms with Crippen LogP contribution in [-0.2, 0) is 6.42 Å². The van der Waals surface area contributed by atoms with E-state index in [1.807, 2.05) is 6.07 Å². The second kappa shape index (κ2) is 6.13. The Bertz CT molecular complexity index is 411. The lowest BCUT2D eigenvalue weighted by Gasteiger charge is -2.23. The molecule has 3 atom stereocenters. The van der Waals surface area contributed by atoms with Crippen molar-refractivity contribution in [2.75, 3.05) is 0 Å². The molecule has 0 aromatic heterocycles. The number of nitrogens with two attached hydrogens (primary N) is 1. The normalized spacial score (nSPS) is 25.3. The maximum Gasteiger partial charge on any atom is 0.124 e. The van der Waals surface area contributed by atoms with E-state index in [1.54, 1.807) is 0 Å². The van der Waals surface area contributed by atoms with E-state index in [9.17, 15) is 4.39 Å². The minimum Gasteiger partial charge on any atom is -0.271 e. The van der Waals surface area contributed by atoms with E-state index in [0.29, 0.717) is 5.92 Å². The molecular weight excluding hydrogens is 295 g/mol. The molecule has 3 N–H and O–H groups in total. The third-order valence-electron chi connectivity index (χ3n) is 3.97. The molecule has 1 saturated carbocycles. The van der Waals surface area contributed by atoms with Gasteiger partial charge >= 0.3 is 0 Å². The summed E-state index contributed by atoms with van der Waals surface area (Å²) >= 11 is 3.42. The molecule has 0 saturated heterocycles. The van der Waals surface area contributed by atoms with Crippen LogP contribution in [0, 0.1) is 17.7 Å². The van der Waals surface area contributed by atoms with E-state index in [2.05, 4.69) is 28.3 Å². The van der Waals surface area contributed by atoms with Crippen LogP contribution in [0.2, 0.25) is 0 Å². The lowest BCUT2D eigenvalue weighted by molar-refractivity contribution is 0.352. The monoisotopic (exact) mass is 314 g/mol. The van der Waals surface area contributed by atoms with Gasteiger partial charge in [-0.3, -0.25) is 11.3 Å². The molecule has 0 bridgehead atoms. The molecule has 0 spiro atoms. The van der Waals surface area contributed by atoms with E-state index in [4.69, 9.17) is 5.84 Å². The summed E-state index contributed by atoms with van der Waals surface area (Å²) in [5, 5.41) is 0. The highest BCUT2D eigenvalue weighted by Gasteiger charge is 2.28. The van der Waals surface area contributed by atoms with Gasteiger partial charge in [0.2, 0.25) is 0 Å². The Kier molecular flexibility index (Phi) is 4.76. The zero-order valence-electron chi connectivity index (χ0n) is 10.6. The van der Waals surface area contributed by atoms with Gasteiger partial charge in [-0.25, -0.2) is 4.39 Å². The van der Waals surface area contributed by atoms with Crippen molar-refractivity contribution in [3.63, 3.8) is 0 Å². The first-order chi connectivity index (χ1) is 8.60. The molecule has 4 heteroatoms. The van der Waals surface area contributed by atoms with Gasteiger partial charge < -0.3 is 0 Å². The lowest BCUT2D eigenvalue weighted by atomic mass is 9.92. The fraction of sp³-hybridized carbons (Fsp3) is 0.571. The summed E-state index contributed by atoms with van der Waals surface area (Å²) in [5.74, 6) is 6.90. The van der Waals surface area contributed by atoms with Gasteiger partial charge in [-0.1, -0.05) is 35.3 Å².